The highest BCUT2D eigenvalue weighted by molar-refractivity contribution is 5.73. The van der Waals surface area contributed by atoms with Crippen molar-refractivity contribution in [1.82, 2.24) is 0 Å². The van der Waals surface area contributed by atoms with Crippen LogP contribution in [0.25, 0.3) is 0 Å². The van der Waals surface area contributed by atoms with E-state index in [1.807, 2.05) is 48.5 Å². The molecule has 0 aliphatic heterocycles. The lowest BCUT2D eigenvalue weighted by Crippen LogP contribution is -2.24. The van der Waals surface area contributed by atoms with Crippen LogP contribution >= 0.6 is 0 Å². The van der Waals surface area contributed by atoms with Crippen LogP contribution in [0.1, 0.15) is 75.8 Å². The fourth-order valence-corrected chi connectivity index (χ4v) is 4.72. The van der Waals surface area contributed by atoms with Crippen molar-refractivity contribution in [2.24, 2.45) is 5.92 Å². The second kappa shape index (κ2) is 13.8. The molecule has 0 amide bonds. The predicted molar refractivity (Wildman–Crippen MR) is 140 cm³/mol. The van der Waals surface area contributed by atoms with E-state index < -0.39 is 0 Å². The molecule has 2 aromatic carbocycles. The lowest BCUT2D eigenvalue weighted by atomic mass is 9.89. The van der Waals surface area contributed by atoms with Gasteiger partial charge in [0, 0.05) is 11.4 Å². The van der Waals surface area contributed by atoms with E-state index in [4.69, 9.17) is 20.9 Å². The first-order valence-corrected chi connectivity index (χ1v) is 12.9. The molecule has 2 aliphatic rings. The highest BCUT2D eigenvalue weighted by Crippen LogP contribution is 2.26. The van der Waals surface area contributed by atoms with Crippen LogP contribution in [0.5, 0.6) is 0 Å². The second-order valence-electron chi connectivity index (χ2n) is 9.97. The van der Waals surface area contributed by atoms with Gasteiger partial charge in [0.2, 0.25) is 0 Å². The molecule has 0 bridgehead atoms. The second-order valence-corrected chi connectivity index (χ2v) is 9.97. The Labute approximate surface area is 209 Å². The van der Waals surface area contributed by atoms with Crippen molar-refractivity contribution >= 4 is 23.3 Å². The van der Waals surface area contributed by atoms with E-state index in [-0.39, 0.29) is 24.1 Å². The molecule has 2 aliphatic carbocycles. The van der Waals surface area contributed by atoms with Crippen molar-refractivity contribution in [1.29, 1.82) is 0 Å². The normalized spacial score (nSPS) is 20.3. The Kier molecular flexibility index (Phi) is 10.5. The molecule has 0 unspecified atom stereocenters. The summed E-state index contributed by atoms with van der Waals surface area (Å²) < 4.78 is 11.0. The average molecular weight is 481 g/mol. The van der Waals surface area contributed by atoms with Crippen LogP contribution in [-0.2, 0) is 31.9 Å². The van der Waals surface area contributed by atoms with Gasteiger partial charge in [-0.1, -0.05) is 37.6 Å². The summed E-state index contributed by atoms with van der Waals surface area (Å²) >= 11 is 0. The third-order valence-corrected chi connectivity index (χ3v) is 6.71. The van der Waals surface area contributed by atoms with Crippen LogP contribution in [0.3, 0.4) is 0 Å². The van der Waals surface area contributed by atoms with Crippen LogP contribution in [0.15, 0.2) is 48.5 Å². The SMILES string of the molecule is CC1CCC(OC(=O)Cc2cccc(N)c2)CC1.Nc1cccc(CC(=O)OC2CCCCC2)c1. The van der Waals surface area contributed by atoms with E-state index in [2.05, 4.69) is 6.92 Å². The molecule has 4 N–H and O–H groups in total. The van der Waals surface area contributed by atoms with Crippen molar-refractivity contribution in [3.05, 3.63) is 59.7 Å². The maximum Gasteiger partial charge on any atom is 0.310 e. The predicted octanol–water partition coefficient (Wildman–Crippen LogP) is 5.62. The number of carbonyl (C=O) groups is 2. The quantitative estimate of drug-likeness (QED) is 0.411. The van der Waals surface area contributed by atoms with Gasteiger partial charge in [0.25, 0.3) is 0 Å². The van der Waals surface area contributed by atoms with Gasteiger partial charge in [0.15, 0.2) is 0 Å². The molecular weight excluding hydrogens is 440 g/mol. The molecular formula is C29H40N2O4. The summed E-state index contributed by atoms with van der Waals surface area (Å²) in [6, 6.07) is 14.8. The van der Waals surface area contributed by atoms with Gasteiger partial charge in [-0.15, -0.1) is 0 Å². The molecule has 0 spiro atoms. The van der Waals surface area contributed by atoms with E-state index in [1.54, 1.807) is 0 Å². The van der Waals surface area contributed by atoms with E-state index in [9.17, 15) is 9.59 Å². The molecule has 0 aromatic heterocycles. The summed E-state index contributed by atoms with van der Waals surface area (Å²) in [5.41, 5.74) is 14.6. The van der Waals surface area contributed by atoms with Crippen molar-refractivity contribution < 1.29 is 19.1 Å². The molecule has 190 valence electrons. The molecule has 2 saturated carbocycles. The number of anilines is 2. The number of nitrogens with two attached hydrogens (primary N) is 2. The van der Waals surface area contributed by atoms with E-state index in [0.29, 0.717) is 24.2 Å². The summed E-state index contributed by atoms with van der Waals surface area (Å²) in [5.74, 6) is 0.497. The number of ether oxygens (including phenoxy) is 2. The standard InChI is InChI=1S/C15H21NO2.C14H19NO2/c1-11-5-7-14(8-6-11)18-15(17)10-12-3-2-4-13(16)9-12;15-12-6-4-5-11(9-12)10-14(16)17-13-7-2-1-3-8-13/h2-4,9,11,14H,5-8,10,16H2,1H3;4-6,9,13H,1-3,7-8,10,15H2. The highest BCUT2D eigenvalue weighted by Gasteiger charge is 2.21. The fourth-order valence-electron chi connectivity index (χ4n) is 4.72. The molecule has 2 aromatic rings. The Hall–Kier alpha value is -3.02. The third kappa shape index (κ3) is 10.0. The maximum absolute atomic E-state index is 11.8. The Morgan fingerprint density at radius 3 is 1.63 bits per heavy atom. The Morgan fingerprint density at radius 1 is 0.714 bits per heavy atom. The van der Waals surface area contributed by atoms with Crippen molar-refractivity contribution in [2.75, 3.05) is 11.5 Å². The smallest absolute Gasteiger partial charge is 0.310 e. The van der Waals surface area contributed by atoms with Gasteiger partial charge in [0.1, 0.15) is 12.2 Å². The highest BCUT2D eigenvalue weighted by atomic mass is 16.5. The van der Waals surface area contributed by atoms with E-state index in [0.717, 1.165) is 55.6 Å². The van der Waals surface area contributed by atoms with Gasteiger partial charge in [0.05, 0.1) is 12.8 Å². The summed E-state index contributed by atoms with van der Waals surface area (Å²) in [4.78, 5) is 23.5. The summed E-state index contributed by atoms with van der Waals surface area (Å²) in [7, 11) is 0. The van der Waals surface area contributed by atoms with Crippen molar-refractivity contribution in [3.8, 4) is 0 Å². The maximum atomic E-state index is 11.8. The monoisotopic (exact) mass is 480 g/mol. The minimum absolute atomic E-state index is 0.120. The Balaban J connectivity index is 0.000000196. The number of rotatable bonds is 6. The zero-order chi connectivity index (χ0) is 25.0. The zero-order valence-electron chi connectivity index (χ0n) is 20.9. The summed E-state index contributed by atoms with van der Waals surface area (Å²) in [5, 5.41) is 0. The molecule has 0 radical (unpaired) electrons. The number of hydrogen-bond acceptors (Lipinski definition) is 6. The number of benzene rings is 2. The van der Waals surface area contributed by atoms with Crippen LogP contribution in [-0.4, -0.2) is 24.1 Å². The molecule has 0 atom stereocenters. The largest absolute Gasteiger partial charge is 0.462 e. The molecule has 0 heterocycles. The lowest BCUT2D eigenvalue weighted by Gasteiger charge is -2.26. The first kappa shape index (κ1) is 26.6. The first-order valence-electron chi connectivity index (χ1n) is 12.9. The fraction of sp³-hybridized carbons (Fsp3) is 0.517. The average Bonchev–Trinajstić information content (AvgIpc) is 2.81. The molecule has 6 heteroatoms. The summed E-state index contributed by atoms with van der Waals surface area (Å²) in [6.07, 6.45) is 10.9. The number of esters is 2. The van der Waals surface area contributed by atoms with Gasteiger partial charge in [-0.3, -0.25) is 9.59 Å². The van der Waals surface area contributed by atoms with Gasteiger partial charge in [-0.25, -0.2) is 0 Å². The Bertz CT molecular complexity index is 947. The number of carbonyl (C=O) groups excluding carboxylic acids is 2. The molecule has 4 rings (SSSR count). The van der Waals surface area contributed by atoms with Crippen LogP contribution in [0.4, 0.5) is 11.4 Å². The van der Waals surface area contributed by atoms with Gasteiger partial charge in [-0.05, 0) is 92.7 Å². The van der Waals surface area contributed by atoms with Gasteiger partial charge in [-0.2, -0.15) is 0 Å². The van der Waals surface area contributed by atoms with Crippen LogP contribution < -0.4 is 11.5 Å². The molecule has 2 fully saturated rings. The van der Waals surface area contributed by atoms with Crippen molar-refractivity contribution in [2.45, 2.75) is 89.8 Å². The summed E-state index contributed by atoms with van der Waals surface area (Å²) in [6.45, 7) is 2.25. The minimum atomic E-state index is -0.139. The zero-order valence-corrected chi connectivity index (χ0v) is 20.9. The lowest BCUT2D eigenvalue weighted by molar-refractivity contribution is -0.150. The van der Waals surface area contributed by atoms with Gasteiger partial charge >= 0.3 is 11.9 Å². The minimum Gasteiger partial charge on any atom is -0.462 e. The van der Waals surface area contributed by atoms with Crippen molar-refractivity contribution in [3.63, 3.8) is 0 Å². The third-order valence-electron chi connectivity index (χ3n) is 6.71. The van der Waals surface area contributed by atoms with Crippen LogP contribution in [0.2, 0.25) is 0 Å². The number of hydrogen-bond donors (Lipinski definition) is 2. The molecule has 6 nitrogen and oxygen atoms in total. The molecule has 35 heavy (non-hydrogen) atoms. The van der Waals surface area contributed by atoms with Crippen LogP contribution in [0, 0.1) is 5.92 Å². The van der Waals surface area contributed by atoms with E-state index >= 15 is 0 Å². The Morgan fingerprint density at radius 2 is 1.17 bits per heavy atom. The first-order chi connectivity index (χ1) is 16.9. The van der Waals surface area contributed by atoms with Gasteiger partial charge < -0.3 is 20.9 Å². The molecule has 0 saturated heterocycles. The number of nitrogen functional groups attached to an aromatic ring is 2. The topological polar surface area (TPSA) is 105 Å². The van der Waals surface area contributed by atoms with E-state index in [1.165, 1.54) is 19.3 Å².